The summed E-state index contributed by atoms with van der Waals surface area (Å²) < 4.78 is 0. The molecule has 0 radical (unpaired) electrons. The van der Waals surface area contributed by atoms with Crippen LogP contribution in [0.4, 0.5) is 17.5 Å². The summed E-state index contributed by atoms with van der Waals surface area (Å²) in [6, 6.07) is 11.4. The van der Waals surface area contributed by atoms with Crippen LogP contribution in [0.15, 0.2) is 30.3 Å². The summed E-state index contributed by atoms with van der Waals surface area (Å²) in [7, 11) is 3.70. The molecule has 5 nitrogen and oxygen atoms in total. The van der Waals surface area contributed by atoms with Crippen molar-refractivity contribution in [2.45, 2.75) is 6.92 Å². The van der Waals surface area contributed by atoms with Gasteiger partial charge >= 0.3 is 0 Å². The predicted octanol–water partition coefficient (Wildman–Crippen LogP) is 2.47. The maximum absolute atomic E-state index is 8.94. The van der Waals surface area contributed by atoms with Gasteiger partial charge in [0.15, 0.2) is 0 Å². The summed E-state index contributed by atoms with van der Waals surface area (Å²) in [5.41, 5.74) is 2.43. The Balaban J connectivity index is 2.40. The van der Waals surface area contributed by atoms with Gasteiger partial charge in [0, 0.05) is 31.5 Å². The van der Waals surface area contributed by atoms with E-state index < -0.39 is 0 Å². The van der Waals surface area contributed by atoms with Gasteiger partial charge in [-0.3, -0.25) is 0 Å². The highest BCUT2D eigenvalue weighted by atomic mass is 15.2. The Labute approximate surface area is 112 Å². The lowest BCUT2D eigenvalue weighted by Crippen LogP contribution is -2.13. The molecule has 0 saturated carbocycles. The SMILES string of the molecule is CNc1nc(C)cc(N(C)c2cccc(C#N)c2)n1. The average molecular weight is 253 g/mol. The maximum atomic E-state index is 8.94. The number of benzene rings is 1. The Morgan fingerprint density at radius 3 is 2.74 bits per heavy atom. The second kappa shape index (κ2) is 5.36. The van der Waals surface area contributed by atoms with Crippen LogP contribution in [-0.4, -0.2) is 24.1 Å². The van der Waals surface area contributed by atoms with Gasteiger partial charge in [-0.2, -0.15) is 10.2 Å². The summed E-state index contributed by atoms with van der Waals surface area (Å²) in [6.07, 6.45) is 0. The van der Waals surface area contributed by atoms with Gasteiger partial charge in [0.05, 0.1) is 11.6 Å². The molecule has 5 heteroatoms. The zero-order valence-electron chi connectivity index (χ0n) is 11.2. The number of aromatic nitrogens is 2. The van der Waals surface area contributed by atoms with Crippen LogP contribution in [0, 0.1) is 18.3 Å². The van der Waals surface area contributed by atoms with Crippen LogP contribution in [0.2, 0.25) is 0 Å². The van der Waals surface area contributed by atoms with E-state index >= 15 is 0 Å². The molecule has 2 rings (SSSR count). The number of hydrogen-bond donors (Lipinski definition) is 1. The van der Waals surface area contributed by atoms with Crippen molar-refractivity contribution < 1.29 is 0 Å². The van der Waals surface area contributed by atoms with Crippen LogP contribution in [0.1, 0.15) is 11.3 Å². The molecule has 2 aromatic rings. The lowest BCUT2D eigenvalue weighted by molar-refractivity contribution is 1.04. The molecule has 0 amide bonds. The summed E-state index contributed by atoms with van der Waals surface area (Å²) >= 11 is 0. The molecule has 0 fully saturated rings. The van der Waals surface area contributed by atoms with E-state index in [0.717, 1.165) is 17.2 Å². The minimum atomic E-state index is 0.582. The van der Waals surface area contributed by atoms with E-state index in [0.29, 0.717) is 11.5 Å². The Morgan fingerprint density at radius 1 is 1.26 bits per heavy atom. The standard InChI is InChI=1S/C14H15N5/c1-10-7-13(18-14(16-2)17-10)19(3)12-6-4-5-11(8-12)9-15/h4-8H,1-3H3,(H,16,17,18). The Hall–Kier alpha value is -2.61. The number of nitrogens with zero attached hydrogens (tertiary/aromatic N) is 4. The fraction of sp³-hybridized carbons (Fsp3) is 0.214. The van der Waals surface area contributed by atoms with Gasteiger partial charge in [0.2, 0.25) is 5.95 Å². The van der Waals surface area contributed by atoms with Crippen molar-refractivity contribution in [1.82, 2.24) is 9.97 Å². The maximum Gasteiger partial charge on any atom is 0.224 e. The lowest BCUT2D eigenvalue weighted by atomic mass is 10.2. The van der Waals surface area contributed by atoms with Crippen LogP contribution in [0.5, 0.6) is 0 Å². The molecular weight excluding hydrogens is 238 g/mol. The molecule has 0 atom stereocenters. The zero-order chi connectivity index (χ0) is 13.8. The Kier molecular flexibility index (Phi) is 3.62. The zero-order valence-corrected chi connectivity index (χ0v) is 11.2. The van der Waals surface area contributed by atoms with Crippen molar-refractivity contribution in [2.24, 2.45) is 0 Å². The average Bonchev–Trinajstić information content (AvgIpc) is 2.45. The molecule has 1 N–H and O–H groups in total. The van der Waals surface area contributed by atoms with E-state index in [-0.39, 0.29) is 0 Å². The highest BCUT2D eigenvalue weighted by molar-refractivity contribution is 5.62. The van der Waals surface area contributed by atoms with Crippen LogP contribution in [-0.2, 0) is 0 Å². The first kappa shape index (κ1) is 12.8. The third-order valence-corrected chi connectivity index (χ3v) is 2.77. The van der Waals surface area contributed by atoms with Crippen LogP contribution in [0.3, 0.4) is 0 Å². The molecule has 96 valence electrons. The van der Waals surface area contributed by atoms with Crippen LogP contribution < -0.4 is 10.2 Å². The molecule has 0 spiro atoms. The molecule has 0 bridgehead atoms. The van der Waals surface area contributed by atoms with Gasteiger partial charge in [0.25, 0.3) is 0 Å². The number of aryl methyl sites for hydroxylation is 1. The van der Waals surface area contributed by atoms with Gasteiger partial charge < -0.3 is 10.2 Å². The Morgan fingerprint density at radius 2 is 2.05 bits per heavy atom. The molecule has 0 aliphatic rings. The third kappa shape index (κ3) is 2.80. The number of rotatable bonds is 3. The van der Waals surface area contributed by atoms with Crippen LogP contribution in [0.25, 0.3) is 0 Å². The number of hydrogen-bond acceptors (Lipinski definition) is 5. The third-order valence-electron chi connectivity index (χ3n) is 2.77. The highest BCUT2D eigenvalue weighted by Crippen LogP contribution is 2.23. The summed E-state index contributed by atoms with van der Waals surface area (Å²) in [6.45, 7) is 1.92. The largest absolute Gasteiger partial charge is 0.357 e. The smallest absolute Gasteiger partial charge is 0.224 e. The topological polar surface area (TPSA) is 64.8 Å². The first-order valence-electron chi connectivity index (χ1n) is 5.91. The molecule has 0 saturated heterocycles. The number of nitrogens with one attached hydrogen (secondary N) is 1. The van der Waals surface area contributed by atoms with Crippen molar-refractivity contribution in [1.29, 1.82) is 5.26 Å². The Bertz CT molecular complexity index is 630. The van der Waals surface area contributed by atoms with Crippen LogP contribution >= 0.6 is 0 Å². The van der Waals surface area contributed by atoms with Gasteiger partial charge in [-0.1, -0.05) is 6.07 Å². The fourth-order valence-electron chi connectivity index (χ4n) is 1.75. The molecular formula is C14H15N5. The predicted molar refractivity (Wildman–Crippen MR) is 75.5 cm³/mol. The van der Waals surface area contributed by atoms with E-state index in [1.165, 1.54) is 0 Å². The first-order chi connectivity index (χ1) is 9.13. The van der Waals surface area contributed by atoms with Crippen molar-refractivity contribution in [2.75, 3.05) is 24.3 Å². The molecule has 1 aromatic heterocycles. The second-order valence-corrected chi connectivity index (χ2v) is 4.16. The quantitative estimate of drug-likeness (QED) is 0.910. The molecule has 0 unspecified atom stereocenters. The van der Waals surface area contributed by atoms with Gasteiger partial charge in [-0.25, -0.2) is 4.98 Å². The van der Waals surface area contributed by atoms with Crippen molar-refractivity contribution in [3.8, 4) is 6.07 Å². The van der Waals surface area contributed by atoms with Crippen molar-refractivity contribution in [3.05, 3.63) is 41.6 Å². The molecule has 1 heterocycles. The van der Waals surface area contributed by atoms with Crippen molar-refractivity contribution >= 4 is 17.5 Å². The minimum absolute atomic E-state index is 0.582. The fourth-order valence-corrected chi connectivity index (χ4v) is 1.75. The lowest BCUT2D eigenvalue weighted by Gasteiger charge is -2.19. The van der Waals surface area contributed by atoms with E-state index in [2.05, 4.69) is 21.4 Å². The number of anilines is 3. The monoisotopic (exact) mass is 253 g/mol. The van der Waals surface area contributed by atoms with Crippen molar-refractivity contribution in [3.63, 3.8) is 0 Å². The second-order valence-electron chi connectivity index (χ2n) is 4.16. The summed E-state index contributed by atoms with van der Waals surface area (Å²) in [5.74, 6) is 1.37. The molecule has 0 aliphatic carbocycles. The number of nitriles is 1. The molecule has 1 aromatic carbocycles. The van der Waals surface area contributed by atoms with Gasteiger partial charge in [0.1, 0.15) is 5.82 Å². The van der Waals surface area contributed by atoms with E-state index in [9.17, 15) is 0 Å². The first-order valence-corrected chi connectivity index (χ1v) is 5.91. The highest BCUT2D eigenvalue weighted by Gasteiger charge is 2.08. The summed E-state index contributed by atoms with van der Waals surface area (Å²) in [4.78, 5) is 10.6. The van der Waals surface area contributed by atoms with E-state index in [4.69, 9.17) is 5.26 Å². The van der Waals surface area contributed by atoms with E-state index in [1.54, 1.807) is 13.1 Å². The summed E-state index contributed by atoms with van der Waals surface area (Å²) in [5, 5.41) is 11.9. The van der Waals surface area contributed by atoms with Gasteiger partial charge in [-0.05, 0) is 25.1 Å². The normalized spacial score (nSPS) is 9.79. The van der Waals surface area contributed by atoms with Gasteiger partial charge in [-0.15, -0.1) is 0 Å². The van der Waals surface area contributed by atoms with E-state index in [1.807, 2.05) is 43.1 Å². The minimum Gasteiger partial charge on any atom is -0.357 e. The molecule has 0 aliphatic heterocycles. The molecule has 19 heavy (non-hydrogen) atoms.